The second kappa shape index (κ2) is 12.2. The average molecular weight is 563 g/mol. The van der Waals surface area contributed by atoms with Crippen molar-refractivity contribution in [3.8, 4) is 39.4 Å². The van der Waals surface area contributed by atoms with Crippen LogP contribution < -0.4 is 5.32 Å². The number of fused-ring (bicyclic) bond motifs is 3. The van der Waals surface area contributed by atoms with E-state index < -0.39 is 0 Å². The number of likely N-dealkylation sites (tertiary alicyclic amines) is 1. The lowest BCUT2D eigenvalue weighted by atomic mass is 9.85. The fourth-order valence-corrected chi connectivity index (χ4v) is 6.66. The molecular formula is C37H34N6. The van der Waals surface area contributed by atoms with E-state index >= 15 is 0 Å². The second-order valence-corrected chi connectivity index (χ2v) is 11.5. The average Bonchev–Trinajstić information content (AvgIpc) is 3.26. The molecule has 6 nitrogen and oxygen atoms in total. The molecule has 0 atom stereocenters. The van der Waals surface area contributed by atoms with Crippen LogP contribution in [0.4, 0.5) is 5.82 Å². The van der Waals surface area contributed by atoms with Gasteiger partial charge in [-0.2, -0.15) is 5.26 Å². The monoisotopic (exact) mass is 562 g/mol. The van der Waals surface area contributed by atoms with E-state index in [0.29, 0.717) is 6.04 Å². The van der Waals surface area contributed by atoms with Gasteiger partial charge in [-0.25, -0.2) is 9.97 Å². The second-order valence-electron chi connectivity index (χ2n) is 11.5. The molecule has 0 bridgehead atoms. The minimum absolute atomic E-state index is 0.204. The first-order valence-corrected chi connectivity index (χ1v) is 15.2. The smallest absolute Gasteiger partial charge is 0.234 e. The molecule has 6 heteroatoms. The van der Waals surface area contributed by atoms with Crippen LogP contribution in [-0.2, 0) is 19.4 Å². The maximum Gasteiger partial charge on any atom is 0.234 e. The summed E-state index contributed by atoms with van der Waals surface area (Å²) in [4.78, 5) is 15.2. The van der Waals surface area contributed by atoms with Gasteiger partial charge in [-0.05, 0) is 88.7 Å². The zero-order valence-corrected chi connectivity index (χ0v) is 24.2. The number of piperidine rings is 1. The number of hydrogen-bond acceptors (Lipinski definition) is 6. The van der Waals surface area contributed by atoms with Crippen LogP contribution in [0.2, 0.25) is 0 Å². The van der Waals surface area contributed by atoms with Crippen molar-refractivity contribution in [2.24, 2.45) is 0 Å². The van der Waals surface area contributed by atoms with Crippen LogP contribution >= 0.6 is 0 Å². The summed E-state index contributed by atoms with van der Waals surface area (Å²) in [7, 11) is 0. The molecule has 0 unspecified atom stereocenters. The number of hydrogen-bond donors (Lipinski definition) is 1. The third-order valence-corrected chi connectivity index (χ3v) is 8.82. The Labute approximate surface area is 253 Å². The number of rotatable bonds is 6. The normalized spacial score (nSPS) is 15.1. The van der Waals surface area contributed by atoms with Crippen molar-refractivity contribution in [1.82, 2.24) is 19.9 Å². The Morgan fingerprint density at radius 1 is 0.814 bits per heavy atom. The minimum atomic E-state index is 0.204. The summed E-state index contributed by atoms with van der Waals surface area (Å²) >= 11 is 0. The van der Waals surface area contributed by atoms with Crippen molar-refractivity contribution in [2.45, 2.75) is 44.7 Å². The number of nitrogens with one attached hydrogen (secondary N) is 1. The summed E-state index contributed by atoms with van der Waals surface area (Å²) in [6, 6.07) is 31.1. The van der Waals surface area contributed by atoms with Gasteiger partial charge in [0.25, 0.3) is 0 Å². The summed E-state index contributed by atoms with van der Waals surface area (Å²) in [5, 5.41) is 12.6. The summed E-state index contributed by atoms with van der Waals surface area (Å²) in [5.74, 6) is 0.935. The quantitative estimate of drug-likeness (QED) is 0.234. The topological polar surface area (TPSA) is 77.7 Å². The van der Waals surface area contributed by atoms with E-state index in [1.54, 1.807) is 6.20 Å². The van der Waals surface area contributed by atoms with Gasteiger partial charge >= 0.3 is 0 Å². The lowest BCUT2D eigenvalue weighted by Gasteiger charge is -2.32. The van der Waals surface area contributed by atoms with Crippen molar-refractivity contribution in [3.63, 3.8) is 0 Å². The van der Waals surface area contributed by atoms with Crippen LogP contribution in [0.1, 0.15) is 41.8 Å². The van der Waals surface area contributed by atoms with E-state index in [0.717, 1.165) is 57.6 Å². The first-order valence-electron chi connectivity index (χ1n) is 15.2. The van der Waals surface area contributed by atoms with Crippen molar-refractivity contribution < 1.29 is 0 Å². The molecule has 43 heavy (non-hydrogen) atoms. The molecule has 212 valence electrons. The molecule has 0 saturated carbocycles. The summed E-state index contributed by atoms with van der Waals surface area (Å²) in [6.07, 6.45) is 11.0. The highest BCUT2D eigenvalue weighted by atomic mass is 15.1. The molecule has 0 radical (unpaired) electrons. The SMILES string of the molecule is N#Cc1nccc(NC2CCN(Cc3ccc(-c4ccc5c(c4-c4ccccc4)CCCc4ccncc4-5)cc3)CC2)n1. The standard InChI is InChI=1S/C37H34N6/c38-23-36-40-20-16-35(42-36)41-30-17-21-43(22-18-30)25-26-9-11-28(12-10-26)31-13-14-32-33(37(31)29-5-2-1-3-6-29)8-4-7-27-15-19-39-24-34(27)32/h1-3,5-6,9-16,19-20,24,30H,4,7-8,17-18,21-22,25H2,(H,40,41,42). The van der Waals surface area contributed by atoms with Gasteiger partial charge in [-0.1, -0.05) is 66.7 Å². The molecule has 1 fully saturated rings. The van der Waals surface area contributed by atoms with Crippen LogP contribution in [-0.4, -0.2) is 39.0 Å². The van der Waals surface area contributed by atoms with E-state index in [1.807, 2.05) is 24.5 Å². The van der Waals surface area contributed by atoms with Gasteiger partial charge < -0.3 is 5.32 Å². The Bertz CT molecular complexity index is 1770. The molecule has 7 rings (SSSR count). The zero-order valence-electron chi connectivity index (χ0n) is 24.2. The third kappa shape index (κ3) is 5.77. The fraction of sp³-hybridized carbons (Fsp3) is 0.243. The number of nitriles is 1. The molecule has 5 aromatic rings. The van der Waals surface area contributed by atoms with Gasteiger partial charge in [0.1, 0.15) is 11.9 Å². The molecule has 1 aliphatic heterocycles. The number of anilines is 1. The van der Waals surface area contributed by atoms with E-state index in [1.165, 1.54) is 50.1 Å². The van der Waals surface area contributed by atoms with E-state index in [-0.39, 0.29) is 5.82 Å². The summed E-state index contributed by atoms with van der Waals surface area (Å²) < 4.78 is 0. The van der Waals surface area contributed by atoms with Gasteiger partial charge in [-0.15, -0.1) is 0 Å². The van der Waals surface area contributed by atoms with Gasteiger partial charge in [0, 0.05) is 49.8 Å². The van der Waals surface area contributed by atoms with Gasteiger partial charge in [0.05, 0.1) is 0 Å². The molecule has 2 aliphatic rings. The van der Waals surface area contributed by atoms with Crippen molar-refractivity contribution >= 4 is 5.82 Å². The van der Waals surface area contributed by atoms with Crippen molar-refractivity contribution in [1.29, 1.82) is 5.26 Å². The predicted molar refractivity (Wildman–Crippen MR) is 171 cm³/mol. The predicted octanol–water partition coefficient (Wildman–Crippen LogP) is 7.31. The Kier molecular flexibility index (Phi) is 7.64. The van der Waals surface area contributed by atoms with Crippen LogP contribution in [0.25, 0.3) is 33.4 Å². The molecule has 1 aliphatic carbocycles. The van der Waals surface area contributed by atoms with Gasteiger partial charge in [0.2, 0.25) is 5.82 Å². The molecular weight excluding hydrogens is 528 g/mol. The lowest BCUT2D eigenvalue weighted by Crippen LogP contribution is -2.38. The summed E-state index contributed by atoms with van der Waals surface area (Å²) in [6.45, 7) is 2.99. The molecule has 2 aromatic heterocycles. The first kappa shape index (κ1) is 27.0. The highest BCUT2D eigenvalue weighted by molar-refractivity contribution is 5.91. The Morgan fingerprint density at radius 3 is 2.44 bits per heavy atom. The molecule has 1 saturated heterocycles. The van der Waals surface area contributed by atoms with E-state index in [2.05, 4.69) is 98.0 Å². The van der Waals surface area contributed by atoms with Crippen molar-refractivity contribution in [2.75, 3.05) is 18.4 Å². The fourth-order valence-electron chi connectivity index (χ4n) is 6.66. The number of nitrogens with zero attached hydrogens (tertiary/aromatic N) is 5. The van der Waals surface area contributed by atoms with E-state index in [9.17, 15) is 0 Å². The van der Waals surface area contributed by atoms with Gasteiger partial charge in [0.15, 0.2) is 0 Å². The van der Waals surface area contributed by atoms with E-state index in [4.69, 9.17) is 5.26 Å². The van der Waals surface area contributed by atoms with Gasteiger partial charge in [-0.3, -0.25) is 9.88 Å². The Hall–Kier alpha value is -4.86. The molecule has 3 heterocycles. The number of benzene rings is 3. The highest BCUT2D eigenvalue weighted by Gasteiger charge is 2.22. The van der Waals surface area contributed by atoms with Crippen LogP contribution in [0.5, 0.6) is 0 Å². The summed E-state index contributed by atoms with van der Waals surface area (Å²) in [5.41, 5.74) is 11.9. The zero-order chi connectivity index (χ0) is 29.0. The molecule has 3 aromatic carbocycles. The first-order chi connectivity index (χ1) is 21.2. The highest BCUT2D eigenvalue weighted by Crippen LogP contribution is 2.43. The molecule has 0 spiro atoms. The number of pyridine rings is 1. The Morgan fingerprint density at radius 2 is 1.63 bits per heavy atom. The number of aryl methyl sites for hydroxylation is 1. The number of aromatic nitrogens is 3. The maximum atomic E-state index is 9.07. The minimum Gasteiger partial charge on any atom is -0.367 e. The van der Waals surface area contributed by atoms with Crippen molar-refractivity contribution in [3.05, 3.63) is 120 Å². The van der Waals surface area contributed by atoms with Crippen LogP contribution in [0.15, 0.2) is 97.5 Å². The molecule has 1 N–H and O–H groups in total. The largest absolute Gasteiger partial charge is 0.367 e. The third-order valence-electron chi connectivity index (χ3n) is 8.82. The lowest BCUT2D eigenvalue weighted by molar-refractivity contribution is 0.211. The maximum absolute atomic E-state index is 9.07. The Balaban J connectivity index is 1.10. The molecule has 0 amide bonds. The van der Waals surface area contributed by atoms with Crippen LogP contribution in [0.3, 0.4) is 0 Å². The van der Waals surface area contributed by atoms with Crippen LogP contribution in [0, 0.1) is 11.3 Å².